The lowest BCUT2D eigenvalue weighted by Crippen LogP contribution is -2.45. The van der Waals surface area contributed by atoms with Gasteiger partial charge < -0.3 is 19.9 Å². The molecule has 108 valence electrons. The second kappa shape index (κ2) is 9.69. The van der Waals surface area contributed by atoms with E-state index in [9.17, 15) is 5.11 Å². The molecule has 0 amide bonds. The maximum absolute atomic E-state index is 9.40. The van der Waals surface area contributed by atoms with Crippen LogP contribution in [0.5, 0.6) is 0 Å². The summed E-state index contributed by atoms with van der Waals surface area (Å²) in [7, 11) is 3.45. The van der Waals surface area contributed by atoms with Crippen molar-refractivity contribution in [3.63, 3.8) is 0 Å². The lowest BCUT2D eigenvalue weighted by Gasteiger charge is -2.27. The lowest BCUT2D eigenvalue weighted by atomic mass is 10.2. The molecule has 18 heavy (non-hydrogen) atoms. The first kappa shape index (κ1) is 15.9. The van der Waals surface area contributed by atoms with Gasteiger partial charge in [-0.25, -0.2) is 0 Å². The van der Waals surface area contributed by atoms with Crippen molar-refractivity contribution in [3.8, 4) is 0 Å². The maximum atomic E-state index is 9.40. The molecule has 0 aliphatic heterocycles. The summed E-state index contributed by atoms with van der Waals surface area (Å²) in [6.45, 7) is 4.48. The summed E-state index contributed by atoms with van der Waals surface area (Å²) in [5.41, 5.74) is 0. The number of rotatable bonds is 12. The zero-order chi connectivity index (χ0) is 13.2. The second-order valence-corrected chi connectivity index (χ2v) is 4.96. The zero-order valence-electron chi connectivity index (χ0n) is 11.7. The van der Waals surface area contributed by atoms with Crippen LogP contribution in [0, 0.1) is 0 Å². The molecule has 0 saturated heterocycles. The van der Waals surface area contributed by atoms with Crippen molar-refractivity contribution in [2.45, 2.75) is 31.3 Å². The molecule has 0 spiro atoms. The van der Waals surface area contributed by atoms with Gasteiger partial charge >= 0.3 is 0 Å². The highest BCUT2D eigenvalue weighted by atomic mass is 16.5. The molecular weight excluding hydrogens is 232 g/mol. The summed E-state index contributed by atoms with van der Waals surface area (Å²) in [5.74, 6) is 0. The Hall–Kier alpha value is -0.200. The molecule has 5 heteroatoms. The Morgan fingerprint density at radius 3 is 2.50 bits per heavy atom. The van der Waals surface area contributed by atoms with Gasteiger partial charge in [-0.15, -0.1) is 0 Å². The Morgan fingerprint density at radius 1 is 1.22 bits per heavy atom. The molecule has 1 unspecified atom stereocenters. The Bertz CT molecular complexity index is 201. The fraction of sp³-hybridized carbons (Fsp3) is 1.00. The van der Waals surface area contributed by atoms with Gasteiger partial charge in [0.1, 0.15) is 0 Å². The van der Waals surface area contributed by atoms with Crippen LogP contribution in [-0.2, 0) is 9.47 Å². The highest BCUT2D eigenvalue weighted by Gasteiger charge is 2.25. The zero-order valence-corrected chi connectivity index (χ0v) is 11.7. The fourth-order valence-electron chi connectivity index (χ4n) is 2.01. The number of hydrogen-bond donors (Lipinski definition) is 2. The summed E-state index contributed by atoms with van der Waals surface area (Å²) in [6.07, 6.45) is 3.51. The largest absolute Gasteiger partial charge is 0.395 e. The molecule has 0 radical (unpaired) electrons. The molecule has 0 bridgehead atoms. The maximum Gasteiger partial charge on any atom is 0.0597 e. The Balaban J connectivity index is 2.25. The van der Waals surface area contributed by atoms with Crippen LogP contribution in [0.25, 0.3) is 0 Å². The molecule has 2 N–H and O–H groups in total. The number of methoxy groups -OCH3 is 2. The average molecular weight is 260 g/mol. The number of aliphatic hydroxyl groups excluding tert-OH is 1. The predicted octanol–water partition coefficient (Wildman–Crippen LogP) is 0.0842. The summed E-state index contributed by atoms with van der Waals surface area (Å²) >= 11 is 0. The quantitative estimate of drug-likeness (QED) is 0.487. The van der Waals surface area contributed by atoms with Crippen molar-refractivity contribution >= 4 is 0 Å². The summed E-state index contributed by atoms with van der Waals surface area (Å²) in [4.78, 5) is 2.33. The Kier molecular flexibility index (Phi) is 8.54. The van der Waals surface area contributed by atoms with E-state index in [0.717, 1.165) is 39.3 Å². The molecule has 1 aliphatic rings. The van der Waals surface area contributed by atoms with E-state index >= 15 is 0 Å². The molecule has 0 aromatic carbocycles. The van der Waals surface area contributed by atoms with E-state index < -0.39 is 0 Å². The summed E-state index contributed by atoms with van der Waals surface area (Å²) in [6, 6.07) is 0.808. The first-order valence-corrected chi connectivity index (χ1v) is 6.87. The van der Waals surface area contributed by atoms with Crippen LogP contribution in [0.2, 0.25) is 0 Å². The van der Waals surface area contributed by atoms with Gasteiger partial charge in [-0.05, 0) is 19.3 Å². The Labute approximate surface area is 110 Å². The Morgan fingerprint density at radius 2 is 1.94 bits per heavy atom. The van der Waals surface area contributed by atoms with Crippen LogP contribution in [0.4, 0.5) is 0 Å². The average Bonchev–Trinajstić information content (AvgIpc) is 3.18. The van der Waals surface area contributed by atoms with E-state index in [1.807, 2.05) is 0 Å². The van der Waals surface area contributed by atoms with Crippen molar-refractivity contribution < 1.29 is 14.6 Å². The van der Waals surface area contributed by atoms with E-state index in [4.69, 9.17) is 9.47 Å². The standard InChI is InChI=1S/C13H28N2O3/c1-17-8-3-6-15(7-9-18-2)10-13(11-16)14-12-4-5-12/h12-14,16H,3-11H2,1-2H3. The SMILES string of the molecule is COCCCN(CCOC)CC(CO)NC1CC1. The second-order valence-electron chi connectivity index (χ2n) is 4.96. The molecule has 1 atom stereocenters. The highest BCUT2D eigenvalue weighted by Crippen LogP contribution is 2.19. The van der Waals surface area contributed by atoms with Gasteiger partial charge in [-0.1, -0.05) is 0 Å². The minimum absolute atomic E-state index is 0.178. The van der Waals surface area contributed by atoms with Crippen molar-refractivity contribution in [1.82, 2.24) is 10.2 Å². The molecule has 5 nitrogen and oxygen atoms in total. The van der Waals surface area contributed by atoms with Gasteiger partial charge in [-0.3, -0.25) is 4.90 Å². The minimum Gasteiger partial charge on any atom is -0.395 e. The van der Waals surface area contributed by atoms with E-state index in [1.54, 1.807) is 14.2 Å². The predicted molar refractivity (Wildman–Crippen MR) is 71.8 cm³/mol. The first-order valence-electron chi connectivity index (χ1n) is 6.87. The van der Waals surface area contributed by atoms with Crippen molar-refractivity contribution in [2.75, 3.05) is 53.7 Å². The fourth-order valence-corrected chi connectivity index (χ4v) is 2.01. The van der Waals surface area contributed by atoms with Gasteiger partial charge in [0.25, 0.3) is 0 Å². The number of nitrogens with zero attached hydrogens (tertiary/aromatic N) is 1. The molecule has 1 saturated carbocycles. The van der Waals surface area contributed by atoms with Crippen molar-refractivity contribution in [3.05, 3.63) is 0 Å². The van der Waals surface area contributed by atoms with Crippen LogP contribution >= 0.6 is 0 Å². The van der Waals surface area contributed by atoms with Gasteiger partial charge in [0.15, 0.2) is 0 Å². The number of hydrogen-bond acceptors (Lipinski definition) is 5. The number of aliphatic hydroxyl groups is 1. The number of nitrogens with one attached hydrogen (secondary N) is 1. The topological polar surface area (TPSA) is 54.0 Å². The molecule has 0 aromatic heterocycles. The smallest absolute Gasteiger partial charge is 0.0597 e. The molecule has 1 aliphatic carbocycles. The van der Waals surface area contributed by atoms with Crippen molar-refractivity contribution in [2.24, 2.45) is 0 Å². The van der Waals surface area contributed by atoms with Gasteiger partial charge in [-0.2, -0.15) is 0 Å². The molecule has 0 aromatic rings. The van der Waals surface area contributed by atoms with Crippen LogP contribution < -0.4 is 5.32 Å². The van der Waals surface area contributed by atoms with E-state index in [0.29, 0.717) is 6.04 Å². The monoisotopic (exact) mass is 260 g/mol. The van der Waals surface area contributed by atoms with Crippen LogP contribution in [-0.4, -0.2) is 75.8 Å². The van der Waals surface area contributed by atoms with E-state index in [-0.39, 0.29) is 12.6 Å². The van der Waals surface area contributed by atoms with E-state index in [2.05, 4.69) is 10.2 Å². The van der Waals surface area contributed by atoms with Gasteiger partial charge in [0.2, 0.25) is 0 Å². The lowest BCUT2D eigenvalue weighted by molar-refractivity contribution is 0.116. The van der Waals surface area contributed by atoms with Gasteiger partial charge in [0, 0.05) is 52.5 Å². The molecular formula is C13H28N2O3. The minimum atomic E-state index is 0.178. The summed E-state index contributed by atoms with van der Waals surface area (Å²) in [5, 5.41) is 12.9. The highest BCUT2D eigenvalue weighted by molar-refractivity contribution is 4.85. The third-order valence-electron chi connectivity index (χ3n) is 3.18. The van der Waals surface area contributed by atoms with Crippen molar-refractivity contribution in [1.29, 1.82) is 0 Å². The van der Waals surface area contributed by atoms with Gasteiger partial charge in [0.05, 0.1) is 13.2 Å². The third-order valence-corrected chi connectivity index (χ3v) is 3.18. The first-order chi connectivity index (χ1) is 8.80. The molecule has 0 heterocycles. The van der Waals surface area contributed by atoms with Crippen LogP contribution in [0.1, 0.15) is 19.3 Å². The number of ether oxygens (including phenoxy) is 2. The molecule has 1 fully saturated rings. The molecule has 1 rings (SSSR count). The van der Waals surface area contributed by atoms with Crippen LogP contribution in [0.15, 0.2) is 0 Å². The van der Waals surface area contributed by atoms with Crippen LogP contribution in [0.3, 0.4) is 0 Å². The summed E-state index contributed by atoms with van der Waals surface area (Å²) < 4.78 is 10.2. The third kappa shape index (κ3) is 7.28. The van der Waals surface area contributed by atoms with E-state index in [1.165, 1.54) is 12.8 Å². The normalized spacial score (nSPS) is 17.3.